The molecule has 0 aromatic rings. The number of carbonyl (C=O) groups is 1. The number of ether oxygens (including phenoxy) is 1. The molecule has 1 fully saturated rings. The molecule has 0 amide bonds. The van der Waals surface area contributed by atoms with Crippen molar-refractivity contribution in [3.63, 3.8) is 0 Å². The van der Waals surface area contributed by atoms with Crippen molar-refractivity contribution in [1.29, 1.82) is 0 Å². The summed E-state index contributed by atoms with van der Waals surface area (Å²) in [5.74, 6) is 0.572. The van der Waals surface area contributed by atoms with Crippen LogP contribution in [0, 0.1) is 5.92 Å². The summed E-state index contributed by atoms with van der Waals surface area (Å²) in [6, 6.07) is -0.402. The van der Waals surface area contributed by atoms with E-state index < -0.39 is 6.04 Å². The predicted octanol–water partition coefficient (Wildman–Crippen LogP) is 1.46. The molecule has 3 heteroatoms. The van der Waals surface area contributed by atoms with Crippen LogP contribution in [0.25, 0.3) is 0 Å². The highest BCUT2D eigenvalue weighted by Gasteiger charge is 2.21. The summed E-state index contributed by atoms with van der Waals surface area (Å²) in [5.41, 5.74) is 5.66. The van der Waals surface area contributed by atoms with Crippen molar-refractivity contribution >= 4 is 5.97 Å². The van der Waals surface area contributed by atoms with Gasteiger partial charge in [-0.25, -0.2) is 0 Å². The molecule has 0 aromatic carbocycles. The molecule has 0 heterocycles. The third kappa shape index (κ3) is 3.35. The highest BCUT2D eigenvalue weighted by molar-refractivity contribution is 5.75. The van der Waals surface area contributed by atoms with E-state index in [1.54, 1.807) is 6.92 Å². The lowest BCUT2D eigenvalue weighted by molar-refractivity contribution is -0.144. The normalized spacial score (nSPS) is 19.2. The number of nitrogens with two attached hydrogens (primary N) is 1. The fraction of sp³-hybridized carbons (Fsp3) is 0.900. The number of rotatable bonds is 5. The van der Waals surface area contributed by atoms with Crippen LogP contribution >= 0.6 is 0 Å². The third-order valence-electron chi connectivity index (χ3n) is 2.70. The molecule has 1 aliphatic carbocycles. The second-order valence-corrected chi connectivity index (χ2v) is 3.73. The first-order chi connectivity index (χ1) is 6.24. The average Bonchev–Trinajstić information content (AvgIpc) is 2.01. The lowest BCUT2D eigenvalue weighted by atomic mass is 9.81. The zero-order chi connectivity index (χ0) is 9.68. The molecule has 76 valence electrons. The maximum absolute atomic E-state index is 11.1. The van der Waals surface area contributed by atoms with Gasteiger partial charge in [0.15, 0.2) is 0 Å². The minimum absolute atomic E-state index is 0.248. The van der Waals surface area contributed by atoms with Crippen LogP contribution in [0.15, 0.2) is 0 Å². The molecule has 0 saturated heterocycles. The molecular weight excluding hydrogens is 166 g/mol. The molecule has 0 aromatic heterocycles. The van der Waals surface area contributed by atoms with Gasteiger partial charge in [-0.1, -0.05) is 19.3 Å². The Morgan fingerprint density at radius 3 is 2.77 bits per heavy atom. The van der Waals surface area contributed by atoms with Crippen molar-refractivity contribution in [3.8, 4) is 0 Å². The lowest BCUT2D eigenvalue weighted by Crippen LogP contribution is -2.33. The Labute approximate surface area is 79.6 Å². The van der Waals surface area contributed by atoms with Crippen LogP contribution in [0.2, 0.25) is 0 Å². The molecule has 3 nitrogen and oxygen atoms in total. The smallest absolute Gasteiger partial charge is 0.322 e. The van der Waals surface area contributed by atoms with E-state index >= 15 is 0 Å². The van der Waals surface area contributed by atoms with E-state index in [1.165, 1.54) is 19.3 Å². The molecule has 13 heavy (non-hydrogen) atoms. The molecule has 1 aliphatic rings. The Bertz CT molecular complexity index is 166. The summed E-state index contributed by atoms with van der Waals surface area (Å²) >= 11 is 0. The first-order valence-corrected chi connectivity index (χ1v) is 5.16. The largest absolute Gasteiger partial charge is 0.465 e. The number of esters is 1. The van der Waals surface area contributed by atoms with Gasteiger partial charge in [0.05, 0.1) is 6.61 Å². The quantitative estimate of drug-likeness (QED) is 0.660. The van der Waals surface area contributed by atoms with Crippen LogP contribution in [0.5, 0.6) is 0 Å². The fourth-order valence-electron chi connectivity index (χ4n) is 1.56. The Hall–Kier alpha value is -0.570. The average molecular weight is 185 g/mol. The molecule has 0 bridgehead atoms. The second kappa shape index (κ2) is 5.22. The molecule has 0 aliphatic heterocycles. The monoisotopic (exact) mass is 185 g/mol. The Morgan fingerprint density at radius 2 is 2.31 bits per heavy atom. The minimum Gasteiger partial charge on any atom is -0.465 e. The van der Waals surface area contributed by atoms with Gasteiger partial charge in [0.2, 0.25) is 0 Å². The Balaban J connectivity index is 2.08. The Morgan fingerprint density at radius 1 is 1.62 bits per heavy atom. The summed E-state index contributed by atoms with van der Waals surface area (Å²) < 4.78 is 4.82. The van der Waals surface area contributed by atoms with Gasteiger partial charge >= 0.3 is 5.97 Å². The summed E-state index contributed by atoms with van der Waals surface area (Å²) in [7, 11) is 0. The van der Waals surface area contributed by atoms with E-state index in [0.717, 1.165) is 18.8 Å². The zero-order valence-electron chi connectivity index (χ0n) is 8.29. The molecule has 1 unspecified atom stereocenters. The van der Waals surface area contributed by atoms with Gasteiger partial charge in [0.25, 0.3) is 0 Å². The second-order valence-electron chi connectivity index (χ2n) is 3.73. The van der Waals surface area contributed by atoms with Gasteiger partial charge in [0, 0.05) is 0 Å². The van der Waals surface area contributed by atoms with Crippen molar-refractivity contribution in [3.05, 3.63) is 0 Å². The molecular formula is C10H19NO2. The molecule has 1 rings (SSSR count). The van der Waals surface area contributed by atoms with Crippen molar-refractivity contribution < 1.29 is 9.53 Å². The van der Waals surface area contributed by atoms with Gasteiger partial charge in [-0.2, -0.15) is 0 Å². The van der Waals surface area contributed by atoms with Crippen LogP contribution < -0.4 is 5.73 Å². The first-order valence-electron chi connectivity index (χ1n) is 5.16. The highest BCUT2D eigenvalue weighted by atomic mass is 16.5. The van der Waals surface area contributed by atoms with E-state index in [2.05, 4.69) is 0 Å². The number of hydrogen-bond acceptors (Lipinski definition) is 3. The van der Waals surface area contributed by atoms with Crippen LogP contribution in [-0.4, -0.2) is 18.6 Å². The fourth-order valence-corrected chi connectivity index (χ4v) is 1.56. The molecule has 0 radical (unpaired) electrons. The summed E-state index contributed by atoms with van der Waals surface area (Å²) in [4.78, 5) is 11.1. The van der Waals surface area contributed by atoms with Crippen LogP contribution in [0.1, 0.15) is 39.0 Å². The van der Waals surface area contributed by atoms with E-state index in [9.17, 15) is 4.79 Å². The minimum atomic E-state index is -0.402. The predicted molar refractivity (Wildman–Crippen MR) is 51.2 cm³/mol. The number of hydrogen-bond donors (Lipinski definition) is 1. The van der Waals surface area contributed by atoms with E-state index in [0.29, 0.717) is 6.61 Å². The molecule has 1 saturated carbocycles. The standard InChI is InChI=1S/C10H19NO2/c1-2-13-10(12)9(11)7-6-8-4-3-5-8/h8-9H,2-7,11H2,1H3. The van der Waals surface area contributed by atoms with Crippen LogP contribution in [0.4, 0.5) is 0 Å². The number of carbonyl (C=O) groups excluding carboxylic acids is 1. The van der Waals surface area contributed by atoms with Crippen molar-refractivity contribution in [1.82, 2.24) is 0 Å². The summed E-state index contributed by atoms with van der Waals surface area (Å²) in [6.45, 7) is 2.23. The van der Waals surface area contributed by atoms with Gasteiger partial charge in [-0.15, -0.1) is 0 Å². The zero-order valence-corrected chi connectivity index (χ0v) is 8.29. The van der Waals surface area contributed by atoms with Gasteiger partial charge in [-0.3, -0.25) is 4.79 Å². The van der Waals surface area contributed by atoms with E-state index in [-0.39, 0.29) is 5.97 Å². The Kier molecular flexibility index (Phi) is 4.22. The maximum Gasteiger partial charge on any atom is 0.322 e. The highest BCUT2D eigenvalue weighted by Crippen LogP contribution is 2.30. The van der Waals surface area contributed by atoms with Crippen LogP contribution in [0.3, 0.4) is 0 Å². The van der Waals surface area contributed by atoms with Crippen molar-refractivity contribution in [2.24, 2.45) is 11.7 Å². The first kappa shape index (κ1) is 10.5. The van der Waals surface area contributed by atoms with Crippen molar-refractivity contribution in [2.45, 2.75) is 45.1 Å². The van der Waals surface area contributed by atoms with Gasteiger partial charge < -0.3 is 10.5 Å². The lowest BCUT2D eigenvalue weighted by Gasteiger charge is -2.25. The molecule has 0 spiro atoms. The van der Waals surface area contributed by atoms with Gasteiger partial charge in [0.1, 0.15) is 6.04 Å². The van der Waals surface area contributed by atoms with E-state index in [1.807, 2.05) is 0 Å². The topological polar surface area (TPSA) is 52.3 Å². The summed E-state index contributed by atoms with van der Waals surface area (Å²) in [5, 5.41) is 0. The van der Waals surface area contributed by atoms with Crippen LogP contribution in [-0.2, 0) is 9.53 Å². The third-order valence-corrected chi connectivity index (χ3v) is 2.70. The van der Waals surface area contributed by atoms with E-state index in [4.69, 9.17) is 10.5 Å². The summed E-state index contributed by atoms with van der Waals surface area (Å²) in [6.07, 6.45) is 5.84. The molecule has 2 N–H and O–H groups in total. The SMILES string of the molecule is CCOC(=O)C(N)CCC1CCC1. The maximum atomic E-state index is 11.1. The molecule has 1 atom stereocenters. The van der Waals surface area contributed by atoms with Crippen molar-refractivity contribution in [2.75, 3.05) is 6.61 Å². The van der Waals surface area contributed by atoms with Gasteiger partial charge in [-0.05, 0) is 25.7 Å².